The molecule has 1 aliphatic heterocycles. The lowest BCUT2D eigenvalue weighted by Gasteiger charge is -2.09. The highest BCUT2D eigenvalue weighted by atomic mass is 32.1. The number of hydrogen-bond acceptors (Lipinski definition) is 3. The van der Waals surface area contributed by atoms with Gasteiger partial charge in [0.1, 0.15) is 0 Å². The summed E-state index contributed by atoms with van der Waals surface area (Å²) in [5.74, 6) is 0. The highest BCUT2D eigenvalue weighted by molar-refractivity contribution is 7.21. The first kappa shape index (κ1) is 10.4. The van der Waals surface area contributed by atoms with Gasteiger partial charge in [0, 0.05) is 5.56 Å². The third-order valence-corrected chi connectivity index (χ3v) is 4.23. The van der Waals surface area contributed by atoms with Crippen LogP contribution in [0.1, 0.15) is 11.1 Å². The molecule has 1 aliphatic carbocycles. The fourth-order valence-electron chi connectivity index (χ4n) is 2.01. The van der Waals surface area contributed by atoms with Gasteiger partial charge < -0.3 is 0 Å². The van der Waals surface area contributed by atoms with Crippen LogP contribution in [0.25, 0.3) is 20.8 Å². The molecular formula is C14H11NOS. The van der Waals surface area contributed by atoms with Crippen molar-refractivity contribution in [2.75, 3.05) is 0 Å². The van der Waals surface area contributed by atoms with Crippen LogP contribution in [0.5, 0.6) is 0 Å². The van der Waals surface area contributed by atoms with Crippen LogP contribution >= 0.6 is 11.3 Å². The van der Waals surface area contributed by atoms with Crippen molar-refractivity contribution < 1.29 is 0 Å². The van der Waals surface area contributed by atoms with Crippen molar-refractivity contribution in [1.29, 1.82) is 0 Å². The van der Waals surface area contributed by atoms with Crippen molar-refractivity contribution in [3.63, 3.8) is 0 Å². The second-order valence-corrected chi connectivity index (χ2v) is 5.23. The van der Waals surface area contributed by atoms with Gasteiger partial charge in [-0.2, -0.15) is 0 Å². The Morgan fingerprint density at radius 2 is 1.94 bits per heavy atom. The Hall–Kier alpha value is -1.74. The number of benzene rings is 2. The van der Waals surface area contributed by atoms with E-state index in [1.165, 1.54) is 0 Å². The highest BCUT2D eigenvalue weighted by Gasteiger charge is 2.13. The molecule has 17 heavy (non-hydrogen) atoms. The molecular weight excluding hydrogens is 230 g/mol. The van der Waals surface area contributed by atoms with E-state index in [-0.39, 0.29) is 5.43 Å². The minimum Gasteiger partial charge on any atom is -0.289 e. The molecule has 3 rings (SSSR count). The predicted octanol–water partition coefficient (Wildman–Crippen LogP) is 3.38. The van der Waals surface area contributed by atoms with Crippen molar-refractivity contribution in [2.45, 2.75) is 13.8 Å². The molecule has 0 atom stereocenters. The molecule has 0 aromatic heterocycles. The quantitative estimate of drug-likeness (QED) is 0.565. The van der Waals surface area contributed by atoms with Crippen LogP contribution in [0, 0.1) is 13.8 Å². The number of fused-ring (bicyclic) bond motifs is 2. The molecule has 2 nitrogen and oxygen atoms in total. The van der Waals surface area contributed by atoms with Crippen molar-refractivity contribution >= 4 is 21.6 Å². The van der Waals surface area contributed by atoms with Gasteiger partial charge in [0.25, 0.3) is 0 Å². The monoisotopic (exact) mass is 241 g/mol. The van der Waals surface area contributed by atoms with Gasteiger partial charge in [-0.3, -0.25) is 4.79 Å². The van der Waals surface area contributed by atoms with Crippen LogP contribution in [0.4, 0.5) is 0 Å². The van der Waals surface area contributed by atoms with Crippen molar-refractivity contribution in [2.24, 2.45) is 0 Å². The summed E-state index contributed by atoms with van der Waals surface area (Å²) in [6, 6.07) is 9.90. The lowest BCUT2D eigenvalue weighted by atomic mass is 10.1. The molecule has 0 saturated carbocycles. The third-order valence-electron chi connectivity index (χ3n) is 2.94. The normalized spacial score (nSPS) is 11.2. The Morgan fingerprint density at radius 3 is 2.76 bits per heavy atom. The summed E-state index contributed by atoms with van der Waals surface area (Å²) >= 11 is 1.64. The van der Waals surface area contributed by atoms with Crippen LogP contribution in [-0.4, -0.2) is 4.98 Å². The van der Waals surface area contributed by atoms with Crippen LogP contribution in [0.15, 0.2) is 35.1 Å². The zero-order valence-electron chi connectivity index (χ0n) is 9.65. The number of aromatic nitrogens is 1. The van der Waals surface area contributed by atoms with Gasteiger partial charge in [-0.15, -0.1) is 11.3 Å². The molecule has 0 unspecified atom stereocenters. The standard InChI is InChI=1S/C14H11NOS/c1-8-7-11-14(9(2)13(8)16)17-12-6-4-3-5-10(12)15-11/h3-7H,1-2H3. The number of para-hydroxylation sites is 1. The van der Waals surface area contributed by atoms with Crippen LogP contribution in [0.3, 0.4) is 0 Å². The van der Waals surface area contributed by atoms with Gasteiger partial charge in [-0.05, 0) is 37.6 Å². The number of hydrogen-bond donors (Lipinski definition) is 0. The molecule has 0 amide bonds. The summed E-state index contributed by atoms with van der Waals surface area (Å²) in [5.41, 5.74) is 3.62. The average molecular weight is 241 g/mol. The van der Waals surface area contributed by atoms with Crippen LogP contribution in [-0.2, 0) is 0 Å². The fraction of sp³-hybridized carbons (Fsp3) is 0.143. The largest absolute Gasteiger partial charge is 0.289 e. The summed E-state index contributed by atoms with van der Waals surface area (Å²) in [7, 11) is 0. The van der Waals surface area contributed by atoms with E-state index in [1.54, 1.807) is 11.3 Å². The van der Waals surface area contributed by atoms with E-state index in [2.05, 4.69) is 4.98 Å². The molecule has 1 aromatic rings. The molecule has 84 valence electrons. The van der Waals surface area contributed by atoms with Gasteiger partial charge in [0.05, 0.1) is 20.8 Å². The van der Waals surface area contributed by atoms with E-state index in [9.17, 15) is 4.79 Å². The topological polar surface area (TPSA) is 30.0 Å². The maximum absolute atomic E-state index is 11.9. The minimum absolute atomic E-state index is 0.130. The molecule has 3 heteroatoms. The van der Waals surface area contributed by atoms with E-state index < -0.39 is 0 Å². The van der Waals surface area contributed by atoms with Crippen LogP contribution in [0.2, 0.25) is 0 Å². The van der Waals surface area contributed by atoms with E-state index in [1.807, 2.05) is 44.2 Å². The molecule has 0 radical (unpaired) electrons. The zero-order valence-corrected chi connectivity index (χ0v) is 10.5. The third kappa shape index (κ3) is 1.54. The van der Waals surface area contributed by atoms with E-state index >= 15 is 0 Å². The second-order valence-electron chi connectivity index (χ2n) is 4.18. The van der Waals surface area contributed by atoms with Gasteiger partial charge in [0.15, 0.2) is 5.43 Å². The number of aryl methyl sites for hydroxylation is 1. The summed E-state index contributed by atoms with van der Waals surface area (Å²) in [6.45, 7) is 3.72. The van der Waals surface area contributed by atoms with Crippen LogP contribution < -0.4 is 5.43 Å². The fourth-order valence-corrected chi connectivity index (χ4v) is 3.05. The first-order valence-electron chi connectivity index (χ1n) is 5.46. The van der Waals surface area contributed by atoms with E-state index in [4.69, 9.17) is 0 Å². The van der Waals surface area contributed by atoms with Gasteiger partial charge in [0.2, 0.25) is 0 Å². The molecule has 2 aliphatic rings. The molecule has 0 N–H and O–H groups in total. The minimum atomic E-state index is 0.130. The predicted molar refractivity (Wildman–Crippen MR) is 72.0 cm³/mol. The first-order chi connectivity index (χ1) is 8.16. The van der Waals surface area contributed by atoms with Crippen molar-refractivity contribution in [1.82, 2.24) is 4.98 Å². The molecule has 1 aromatic carbocycles. The number of rotatable bonds is 0. The Labute approximate surface area is 103 Å². The smallest absolute Gasteiger partial charge is 0.185 e. The highest BCUT2D eigenvalue weighted by Crippen LogP contribution is 2.32. The molecule has 0 saturated heterocycles. The second kappa shape index (κ2) is 3.64. The van der Waals surface area contributed by atoms with Crippen molar-refractivity contribution in [3.05, 3.63) is 51.7 Å². The Balaban J connectivity index is 2.53. The van der Waals surface area contributed by atoms with Gasteiger partial charge >= 0.3 is 0 Å². The summed E-state index contributed by atoms with van der Waals surface area (Å²) in [5, 5.41) is 0. The lowest BCUT2D eigenvalue weighted by molar-refractivity contribution is 1.28. The summed E-state index contributed by atoms with van der Waals surface area (Å²) < 4.78 is 1.12. The Bertz CT molecular complexity index is 745. The van der Waals surface area contributed by atoms with E-state index in [0.717, 1.165) is 31.9 Å². The SMILES string of the molecule is Cc1cc2nc3ccccc3sc-2c(C)c1=O. The average Bonchev–Trinajstić information content (AvgIpc) is 2.34. The molecule has 0 fully saturated rings. The van der Waals surface area contributed by atoms with Gasteiger partial charge in [-0.1, -0.05) is 12.1 Å². The summed E-state index contributed by atoms with van der Waals surface area (Å²) in [4.78, 5) is 17.5. The lowest BCUT2D eigenvalue weighted by Crippen LogP contribution is -2.10. The Kier molecular flexibility index (Phi) is 2.23. The zero-order chi connectivity index (χ0) is 12.0. The summed E-state index contributed by atoms with van der Waals surface area (Å²) in [6.07, 6.45) is 0. The molecule has 0 spiro atoms. The maximum atomic E-state index is 11.9. The van der Waals surface area contributed by atoms with Gasteiger partial charge in [-0.25, -0.2) is 4.98 Å². The Morgan fingerprint density at radius 1 is 1.18 bits per heavy atom. The molecule has 0 bridgehead atoms. The molecule has 1 heterocycles. The maximum Gasteiger partial charge on any atom is 0.185 e. The number of nitrogens with zero attached hydrogens (tertiary/aromatic N) is 1. The van der Waals surface area contributed by atoms with Crippen molar-refractivity contribution in [3.8, 4) is 10.6 Å². The van der Waals surface area contributed by atoms with E-state index in [0.29, 0.717) is 0 Å². The first-order valence-corrected chi connectivity index (χ1v) is 6.28.